The summed E-state index contributed by atoms with van der Waals surface area (Å²) in [6, 6.07) is 7.49. The van der Waals surface area contributed by atoms with Crippen LogP contribution in [0.1, 0.15) is 10.4 Å². The largest absolute Gasteiger partial charge is 0.291 e. The maximum Gasteiger partial charge on any atom is 0.192 e. The molecule has 56 valence electrons. The first-order valence-corrected chi connectivity index (χ1v) is 4.54. The van der Waals surface area contributed by atoms with Crippen molar-refractivity contribution in [1.82, 2.24) is 0 Å². The first-order valence-electron chi connectivity index (χ1n) is 3.23. The van der Waals surface area contributed by atoms with E-state index in [4.69, 9.17) is 11.6 Å². The Labute approximate surface area is 73.7 Å². The van der Waals surface area contributed by atoms with Gasteiger partial charge in [-0.15, -0.1) is 11.6 Å². The predicted molar refractivity (Wildman–Crippen MR) is 46.3 cm³/mol. The predicted octanol–water partition coefficient (Wildman–Crippen LogP) is 2.54. The molecule has 1 aliphatic rings. The molecular weight excluding hydrogens is 180 g/mol. The third kappa shape index (κ3) is 1.06. The minimum absolute atomic E-state index is 0.0345. The summed E-state index contributed by atoms with van der Waals surface area (Å²) in [7, 11) is 0. The zero-order valence-corrected chi connectivity index (χ0v) is 7.15. The second-order valence-electron chi connectivity index (χ2n) is 2.29. The molecule has 0 saturated heterocycles. The van der Waals surface area contributed by atoms with Crippen LogP contribution in [0.3, 0.4) is 0 Å². The lowest BCUT2D eigenvalue weighted by atomic mass is 10.2. The first-order chi connectivity index (χ1) is 5.29. The van der Waals surface area contributed by atoms with Gasteiger partial charge in [-0.3, -0.25) is 4.79 Å². The van der Waals surface area contributed by atoms with Gasteiger partial charge < -0.3 is 0 Å². The van der Waals surface area contributed by atoms with E-state index in [2.05, 4.69) is 0 Å². The van der Waals surface area contributed by atoms with E-state index >= 15 is 0 Å². The van der Waals surface area contributed by atoms with Crippen LogP contribution in [0.4, 0.5) is 0 Å². The summed E-state index contributed by atoms with van der Waals surface area (Å²) in [5.41, 5.74) is 0.762. The number of benzene rings is 1. The van der Waals surface area contributed by atoms with Gasteiger partial charge in [0.2, 0.25) is 0 Å². The van der Waals surface area contributed by atoms with E-state index in [9.17, 15) is 4.79 Å². The van der Waals surface area contributed by atoms with Crippen molar-refractivity contribution in [1.29, 1.82) is 0 Å². The minimum Gasteiger partial charge on any atom is -0.291 e. The monoisotopic (exact) mass is 184 g/mol. The fraction of sp³-hybridized carbons (Fsp3) is 0.125. The molecule has 11 heavy (non-hydrogen) atoms. The Bertz CT molecular complexity index is 311. The van der Waals surface area contributed by atoms with Crippen LogP contribution in [-0.4, -0.2) is 10.5 Å². The van der Waals surface area contributed by atoms with Gasteiger partial charge in [0.15, 0.2) is 5.78 Å². The fourth-order valence-corrected chi connectivity index (χ4v) is 2.38. The van der Waals surface area contributed by atoms with Gasteiger partial charge in [-0.2, -0.15) is 0 Å². The molecule has 3 heteroatoms. The number of carbonyl (C=O) groups excluding carboxylic acids is 1. The molecule has 2 rings (SSSR count). The third-order valence-electron chi connectivity index (χ3n) is 1.59. The maximum absolute atomic E-state index is 11.2. The Morgan fingerprint density at radius 3 is 2.82 bits per heavy atom. The van der Waals surface area contributed by atoms with E-state index in [1.165, 1.54) is 11.8 Å². The van der Waals surface area contributed by atoms with Crippen molar-refractivity contribution in [2.75, 3.05) is 0 Å². The molecule has 0 amide bonds. The summed E-state index contributed by atoms with van der Waals surface area (Å²) in [6.07, 6.45) is 0. The number of hydrogen-bond acceptors (Lipinski definition) is 2. The maximum atomic E-state index is 11.2. The van der Waals surface area contributed by atoms with Crippen LogP contribution in [0, 0.1) is 0 Å². The van der Waals surface area contributed by atoms with E-state index in [-0.39, 0.29) is 5.78 Å². The smallest absolute Gasteiger partial charge is 0.192 e. The summed E-state index contributed by atoms with van der Waals surface area (Å²) < 4.78 is -0.410. The number of alkyl halides is 1. The number of Topliss-reactive ketones (excluding diaryl/α,β-unsaturated/α-hetero) is 1. The van der Waals surface area contributed by atoms with Gasteiger partial charge in [-0.05, 0) is 6.07 Å². The summed E-state index contributed by atoms with van der Waals surface area (Å²) in [4.78, 5) is 12.2. The van der Waals surface area contributed by atoms with Crippen molar-refractivity contribution in [2.45, 2.75) is 9.60 Å². The summed E-state index contributed by atoms with van der Waals surface area (Å²) >= 11 is 7.16. The Hall–Kier alpha value is -0.470. The molecule has 1 heterocycles. The number of fused-ring (bicyclic) bond motifs is 1. The van der Waals surface area contributed by atoms with Gasteiger partial charge in [0.1, 0.15) is 4.71 Å². The average molecular weight is 185 g/mol. The van der Waals surface area contributed by atoms with Gasteiger partial charge in [0.05, 0.1) is 0 Å². The van der Waals surface area contributed by atoms with Crippen LogP contribution < -0.4 is 0 Å². The number of hydrogen-bond donors (Lipinski definition) is 0. The molecule has 1 unspecified atom stereocenters. The minimum atomic E-state index is -0.410. The normalized spacial score (nSPS) is 21.9. The van der Waals surface area contributed by atoms with E-state index in [0.717, 1.165) is 10.5 Å². The van der Waals surface area contributed by atoms with Crippen LogP contribution in [0.15, 0.2) is 29.2 Å². The zero-order chi connectivity index (χ0) is 7.84. The molecule has 0 aromatic heterocycles. The Balaban J connectivity index is 2.55. The highest BCUT2D eigenvalue weighted by Gasteiger charge is 2.28. The quantitative estimate of drug-likeness (QED) is 0.577. The van der Waals surface area contributed by atoms with Gasteiger partial charge in [0.25, 0.3) is 0 Å². The van der Waals surface area contributed by atoms with E-state index in [1.54, 1.807) is 0 Å². The second kappa shape index (κ2) is 2.54. The molecule has 0 radical (unpaired) electrons. The molecule has 0 fully saturated rings. The van der Waals surface area contributed by atoms with E-state index in [1.807, 2.05) is 24.3 Å². The van der Waals surface area contributed by atoms with Crippen LogP contribution in [0.25, 0.3) is 0 Å². The highest BCUT2D eigenvalue weighted by Crippen LogP contribution is 2.38. The number of halogens is 1. The lowest BCUT2D eigenvalue weighted by Crippen LogP contribution is -2.02. The highest BCUT2D eigenvalue weighted by atomic mass is 35.5. The number of thioether (sulfide) groups is 1. The van der Waals surface area contributed by atoms with Crippen LogP contribution in [0.2, 0.25) is 0 Å². The van der Waals surface area contributed by atoms with Gasteiger partial charge in [-0.25, -0.2) is 0 Å². The van der Waals surface area contributed by atoms with Crippen molar-refractivity contribution in [2.24, 2.45) is 0 Å². The molecule has 0 N–H and O–H groups in total. The molecule has 1 atom stereocenters. The molecule has 0 bridgehead atoms. The molecule has 1 aromatic rings. The number of carbonyl (C=O) groups is 1. The lowest BCUT2D eigenvalue weighted by molar-refractivity contribution is 0.101. The number of rotatable bonds is 0. The molecule has 1 aromatic carbocycles. The standard InChI is InChI=1S/C8H5ClOS/c9-8-7(10)5-3-1-2-4-6(5)11-8/h1-4,8H. The van der Waals surface area contributed by atoms with Crippen LogP contribution >= 0.6 is 23.4 Å². The van der Waals surface area contributed by atoms with Crippen molar-refractivity contribution in [3.63, 3.8) is 0 Å². The van der Waals surface area contributed by atoms with Crippen LogP contribution in [-0.2, 0) is 0 Å². The van der Waals surface area contributed by atoms with E-state index in [0.29, 0.717) is 0 Å². The molecule has 0 spiro atoms. The molecule has 0 aliphatic carbocycles. The number of ketones is 1. The van der Waals surface area contributed by atoms with Crippen molar-refractivity contribution < 1.29 is 4.79 Å². The van der Waals surface area contributed by atoms with Crippen LogP contribution in [0.5, 0.6) is 0 Å². The molecular formula is C8H5ClOS. The van der Waals surface area contributed by atoms with Gasteiger partial charge in [0, 0.05) is 10.5 Å². The Kier molecular flexibility index (Phi) is 1.66. The first kappa shape index (κ1) is 7.19. The highest BCUT2D eigenvalue weighted by molar-refractivity contribution is 8.02. The SMILES string of the molecule is O=C1c2ccccc2SC1Cl. The van der Waals surface area contributed by atoms with Crippen molar-refractivity contribution in [3.05, 3.63) is 29.8 Å². The van der Waals surface area contributed by atoms with Crippen molar-refractivity contribution >= 4 is 29.1 Å². The molecule has 1 aliphatic heterocycles. The topological polar surface area (TPSA) is 17.1 Å². The van der Waals surface area contributed by atoms with Gasteiger partial charge in [-0.1, -0.05) is 30.0 Å². The summed E-state index contributed by atoms with van der Waals surface area (Å²) in [5.74, 6) is 0.0345. The molecule has 1 nitrogen and oxygen atoms in total. The summed E-state index contributed by atoms with van der Waals surface area (Å²) in [5, 5.41) is 0. The fourth-order valence-electron chi connectivity index (χ4n) is 1.06. The second-order valence-corrected chi connectivity index (χ2v) is 4.14. The average Bonchev–Trinajstić information content (AvgIpc) is 2.30. The summed E-state index contributed by atoms with van der Waals surface area (Å²) in [6.45, 7) is 0. The lowest BCUT2D eigenvalue weighted by Gasteiger charge is -1.90. The van der Waals surface area contributed by atoms with Gasteiger partial charge >= 0.3 is 0 Å². The third-order valence-corrected chi connectivity index (χ3v) is 3.09. The molecule has 0 saturated carbocycles. The zero-order valence-electron chi connectivity index (χ0n) is 5.58. The van der Waals surface area contributed by atoms with E-state index < -0.39 is 4.71 Å². The Morgan fingerprint density at radius 2 is 2.09 bits per heavy atom. The van der Waals surface area contributed by atoms with Crippen molar-refractivity contribution in [3.8, 4) is 0 Å². The Morgan fingerprint density at radius 1 is 1.36 bits per heavy atom.